The molecule has 1 saturated heterocycles. The monoisotopic (exact) mass is 337 g/mol. The molecule has 0 aromatic heterocycles. The molecule has 4 heteroatoms. The lowest BCUT2D eigenvalue weighted by Crippen LogP contribution is -2.49. The Hall–Kier alpha value is -2.33. The zero-order valence-electron chi connectivity index (χ0n) is 15.2. The van der Waals surface area contributed by atoms with Crippen LogP contribution in [0.4, 0.5) is 5.69 Å². The second kappa shape index (κ2) is 8.17. The number of carbonyl (C=O) groups excluding carboxylic acids is 1. The van der Waals surface area contributed by atoms with Gasteiger partial charge in [-0.1, -0.05) is 42.5 Å². The van der Waals surface area contributed by atoms with E-state index in [-0.39, 0.29) is 5.91 Å². The summed E-state index contributed by atoms with van der Waals surface area (Å²) in [6.07, 6.45) is 0. The van der Waals surface area contributed by atoms with E-state index >= 15 is 0 Å². The summed E-state index contributed by atoms with van der Waals surface area (Å²) in [6.45, 7) is 8.99. The third-order valence-electron chi connectivity index (χ3n) is 5.01. The second-order valence-corrected chi connectivity index (χ2v) is 6.74. The number of nitrogens with zero attached hydrogens (tertiary/aromatic N) is 2. The van der Waals surface area contributed by atoms with Gasteiger partial charge in [-0.25, -0.2) is 0 Å². The molecule has 1 heterocycles. The first-order chi connectivity index (χ1) is 12.1. The van der Waals surface area contributed by atoms with Crippen molar-refractivity contribution >= 4 is 11.6 Å². The number of hydrogen-bond donors (Lipinski definition) is 1. The van der Waals surface area contributed by atoms with Crippen molar-refractivity contribution in [3.63, 3.8) is 0 Å². The molecule has 1 N–H and O–H groups in total. The van der Waals surface area contributed by atoms with Gasteiger partial charge in [0.05, 0.1) is 6.54 Å². The quantitative estimate of drug-likeness (QED) is 0.911. The van der Waals surface area contributed by atoms with Crippen LogP contribution in [0.2, 0.25) is 0 Å². The molecule has 1 fully saturated rings. The van der Waals surface area contributed by atoms with Gasteiger partial charge in [0.15, 0.2) is 0 Å². The van der Waals surface area contributed by atoms with Crippen molar-refractivity contribution in [1.82, 2.24) is 9.80 Å². The van der Waals surface area contributed by atoms with E-state index in [4.69, 9.17) is 0 Å². The van der Waals surface area contributed by atoms with Gasteiger partial charge in [0.1, 0.15) is 0 Å². The molecule has 0 aliphatic carbocycles. The van der Waals surface area contributed by atoms with Crippen molar-refractivity contribution in [2.24, 2.45) is 0 Å². The largest absolute Gasteiger partial charge is 0.376 e. The van der Waals surface area contributed by atoms with Crippen LogP contribution in [0.15, 0.2) is 48.5 Å². The third-order valence-corrected chi connectivity index (χ3v) is 5.01. The number of rotatable bonds is 5. The van der Waals surface area contributed by atoms with Crippen molar-refractivity contribution in [1.29, 1.82) is 0 Å². The van der Waals surface area contributed by atoms with Crippen LogP contribution < -0.4 is 5.32 Å². The highest BCUT2D eigenvalue weighted by Crippen LogP contribution is 2.17. The highest BCUT2D eigenvalue weighted by Gasteiger charge is 2.20. The molecule has 0 bridgehead atoms. The molecule has 1 aliphatic rings. The van der Waals surface area contributed by atoms with Crippen LogP contribution in [0.25, 0.3) is 0 Å². The molecule has 2 aromatic carbocycles. The van der Waals surface area contributed by atoms with E-state index in [0.717, 1.165) is 38.4 Å². The van der Waals surface area contributed by atoms with E-state index in [1.807, 2.05) is 23.1 Å². The summed E-state index contributed by atoms with van der Waals surface area (Å²) in [7, 11) is 0. The average molecular weight is 337 g/mol. The van der Waals surface area contributed by atoms with E-state index in [1.54, 1.807) is 0 Å². The molecule has 0 atom stereocenters. The Morgan fingerprint density at radius 2 is 1.68 bits per heavy atom. The first-order valence-electron chi connectivity index (χ1n) is 8.97. The molecule has 0 radical (unpaired) electrons. The highest BCUT2D eigenvalue weighted by atomic mass is 16.2. The molecule has 1 aliphatic heterocycles. The SMILES string of the molecule is Cc1cccc(NCC(=O)N2CCN(Cc3ccccc3)CC2)c1C. The topological polar surface area (TPSA) is 35.6 Å². The van der Waals surface area contributed by atoms with Gasteiger partial charge in [0.25, 0.3) is 0 Å². The van der Waals surface area contributed by atoms with Crippen molar-refractivity contribution in [2.75, 3.05) is 38.0 Å². The minimum atomic E-state index is 0.181. The fourth-order valence-electron chi connectivity index (χ4n) is 3.22. The van der Waals surface area contributed by atoms with Gasteiger partial charge >= 0.3 is 0 Å². The summed E-state index contributed by atoms with van der Waals surface area (Å²) in [4.78, 5) is 16.9. The Kier molecular flexibility index (Phi) is 5.71. The molecule has 3 rings (SSSR count). The molecular formula is C21H27N3O. The zero-order valence-corrected chi connectivity index (χ0v) is 15.2. The second-order valence-electron chi connectivity index (χ2n) is 6.74. The number of piperazine rings is 1. The van der Waals surface area contributed by atoms with E-state index in [2.05, 4.69) is 54.4 Å². The molecule has 0 saturated carbocycles. The van der Waals surface area contributed by atoms with Crippen LogP contribution >= 0.6 is 0 Å². The smallest absolute Gasteiger partial charge is 0.241 e. The maximum atomic E-state index is 12.5. The van der Waals surface area contributed by atoms with Gasteiger partial charge in [-0.3, -0.25) is 9.69 Å². The van der Waals surface area contributed by atoms with Gasteiger partial charge in [-0.2, -0.15) is 0 Å². The summed E-state index contributed by atoms with van der Waals surface area (Å²) in [6, 6.07) is 16.7. The van der Waals surface area contributed by atoms with E-state index in [0.29, 0.717) is 6.54 Å². The number of amides is 1. The van der Waals surface area contributed by atoms with Gasteiger partial charge in [0, 0.05) is 38.4 Å². The van der Waals surface area contributed by atoms with Gasteiger partial charge < -0.3 is 10.2 Å². The summed E-state index contributed by atoms with van der Waals surface area (Å²) < 4.78 is 0. The number of anilines is 1. The third kappa shape index (κ3) is 4.60. The minimum absolute atomic E-state index is 0.181. The van der Waals surface area contributed by atoms with Crippen LogP contribution in [0.5, 0.6) is 0 Å². The number of carbonyl (C=O) groups is 1. The molecule has 4 nitrogen and oxygen atoms in total. The summed E-state index contributed by atoms with van der Waals surface area (Å²) in [5.74, 6) is 0.181. The number of aryl methyl sites for hydroxylation is 1. The van der Waals surface area contributed by atoms with Crippen LogP contribution in [0, 0.1) is 13.8 Å². The number of hydrogen-bond acceptors (Lipinski definition) is 3. The lowest BCUT2D eigenvalue weighted by molar-refractivity contribution is -0.131. The lowest BCUT2D eigenvalue weighted by Gasteiger charge is -2.35. The Balaban J connectivity index is 1.46. The number of nitrogens with one attached hydrogen (secondary N) is 1. The maximum absolute atomic E-state index is 12.5. The minimum Gasteiger partial charge on any atom is -0.376 e. The molecule has 0 unspecified atom stereocenters. The van der Waals surface area contributed by atoms with Crippen molar-refractivity contribution < 1.29 is 4.79 Å². The van der Waals surface area contributed by atoms with Gasteiger partial charge in [0.2, 0.25) is 5.91 Å². The fourth-order valence-corrected chi connectivity index (χ4v) is 3.22. The van der Waals surface area contributed by atoms with Crippen LogP contribution in [0.3, 0.4) is 0 Å². The summed E-state index contributed by atoms with van der Waals surface area (Å²) in [5.41, 5.74) is 4.84. The van der Waals surface area contributed by atoms with Crippen LogP contribution in [-0.4, -0.2) is 48.4 Å². The Bertz CT molecular complexity index is 706. The summed E-state index contributed by atoms with van der Waals surface area (Å²) >= 11 is 0. The molecule has 132 valence electrons. The lowest BCUT2D eigenvalue weighted by atomic mass is 10.1. The van der Waals surface area contributed by atoms with Gasteiger partial charge in [-0.15, -0.1) is 0 Å². The van der Waals surface area contributed by atoms with Crippen molar-refractivity contribution in [3.05, 3.63) is 65.2 Å². The Labute approximate surface area is 150 Å². The predicted octanol–water partition coefficient (Wildman–Crippen LogP) is 3.06. The van der Waals surface area contributed by atoms with E-state index < -0.39 is 0 Å². The zero-order chi connectivity index (χ0) is 17.6. The normalized spacial score (nSPS) is 15.2. The van der Waals surface area contributed by atoms with Crippen molar-refractivity contribution in [2.45, 2.75) is 20.4 Å². The molecule has 0 spiro atoms. The molecule has 25 heavy (non-hydrogen) atoms. The number of benzene rings is 2. The molecular weight excluding hydrogens is 310 g/mol. The first-order valence-corrected chi connectivity index (χ1v) is 8.97. The standard InChI is InChI=1S/C21H27N3O/c1-17-7-6-10-20(18(17)2)22-15-21(25)24-13-11-23(12-14-24)16-19-8-4-3-5-9-19/h3-10,22H,11-16H2,1-2H3. The van der Waals surface area contributed by atoms with Crippen LogP contribution in [-0.2, 0) is 11.3 Å². The Morgan fingerprint density at radius 1 is 0.960 bits per heavy atom. The van der Waals surface area contributed by atoms with Crippen LogP contribution in [0.1, 0.15) is 16.7 Å². The highest BCUT2D eigenvalue weighted by molar-refractivity contribution is 5.81. The molecule has 1 amide bonds. The summed E-state index contributed by atoms with van der Waals surface area (Å²) in [5, 5.41) is 3.30. The maximum Gasteiger partial charge on any atom is 0.241 e. The van der Waals surface area contributed by atoms with Gasteiger partial charge in [-0.05, 0) is 36.6 Å². The predicted molar refractivity (Wildman–Crippen MR) is 103 cm³/mol. The first kappa shape index (κ1) is 17.5. The van der Waals surface area contributed by atoms with Crippen molar-refractivity contribution in [3.8, 4) is 0 Å². The average Bonchev–Trinajstić information content (AvgIpc) is 2.64. The van der Waals surface area contributed by atoms with E-state index in [1.165, 1.54) is 16.7 Å². The fraction of sp³-hybridized carbons (Fsp3) is 0.381. The molecule has 2 aromatic rings. The Morgan fingerprint density at radius 3 is 2.40 bits per heavy atom. The van der Waals surface area contributed by atoms with E-state index in [9.17, 15) is 4.79 Å².